The quantitative estimate of drug-likeness (QED) is 0.275. The van der Waals surface area contributed by atoms with Crippen molar-refractivity contribution in [2.45, 2.75) is 26.7 Å². The zero-order valence-electron chi connectivity index (χ0n) is 22.0. The number of aryl methyl sites for hydroxylation is 4. The second-order valence-corrected chi connectivity index (χ2v) is 12.0. The summed E-state index contributed by atoms with van der Waals surface area (Å²) in [6, 6.07) is 35.4. The third kappa shape index (κ3) is 13.3. The molecule has 0 aliphatic heterocycles. The van der Waals surface area contributed by atoms with E-state index in [2.05, 4.69) is 111 Å². The van der Waals surface area contributed by atoms with Crippen LogP contribution in [0, 0.1) is 13.8 Å². The van der Waals surface area contributed by atoms with Gasteiger partial charge in [-0.05, 0) is 60.1 Å². The largest absolute Gasteiger partial charge is 0.286 e. The summed E-state index contributed by atoms with van der Waals surface area (Å²) in [6.07, 6.45) is 3.57. The molecule has 0 unspecified atom stereocenters. The van der Waals surface area contributed by atoms with Gasteiger partial charge in [0.25, 0.3) is 20.2 Å². The summed E-state index contributed by atoms with van der Waals surface area (Å²) in [7, 11) is -7.33. The first-order valence-corrected chi connectivity index (χ1v) is 15.5. The van der Waals surface area contributed by atoms with Crippen LogP contribution in [0.4, 0.5) is 0 Å². The van der Waals surface area contributed by atoms with E-state index in [9.17, 15) is 16.8 Å². The van der Waals surface area contributed by atoms with Gasteiger partial charge in [-0.25, -0.2) is 0 Å². The Balaban J connectivity index is 0.000000435. The lowest BCUT2D eigenvalue weighted by atomic mass is 9.98. The minimum atomic E-state index is -3.67. The van der Waals surface area contributed by atoms with E-state index in [0.717, 1.165) is 12.8 Å². The molecule has 0 aliphatic carbocycles. The van der Waals surface area contributed by atoms with Crippen molar-refractivity contribution in [2.24, 2.45) is 0 Å². The third-order valence-corrected chi connectivity index (χ3v) is 5.38. The minimum absolute atomic E-state index is 0.715. The molecular formula is C30H34O6S2. The van der Waals surface area contributed by atoms with E-state index in [1.165, 1.54) is 44.5 Å². The second kappa shape index (κ2) is 14.0. The highest BCUT2D eigenvalue weighted by molar-refractivity contribution is 7.85. The molecule has 0 bridgehead atoms. The maximum Gasteiger partial charge on any atom is 0.261 e. The van der Waals surface area contributed by atoms with Crippen LogP contribution in [0.2, 0.25) is 0 Å². The Morgan fingerprint density at radius 2 is 0.632 bits per heavy atom. The average molecular weight is 555 g/mol. The summed E-state index contributed by atoms with van der Waals surface area (Å²) >= 11 is 0. The molecule has 8 heteroatoms. The van der Waals surface area contributed by atoms with Gasteiger partial charge in [-0.3, -0.25) is 9.11 Å². The van der Waals surface area contributed by atoms with E-state index >= 15 is 0 Å². The molecule has 38 heavy (non-hydrogen) atoms. The van der Waals surface area contributed by atoms with Crippen LogP contribution in [-0.4, -0.2) is 38.5 Å². The summed E-state index contributed by atoms with van der Waals surface area (Å²) in [4.78, 5) is 0. The highest BCUT2D eigenvalue weighted by Crippen LogP contribution is 2.22. The normalized spacial score (nSPS) is 11.0. The van der Waals surface area contributed by atoms with Crippen molar-refractivity contribution in [3.8, 4) is 22.3 Å². The Morgan fingerprint density at radius 3 is 0.842 bits per heavy atom. The van der Waals surface area contributed by atoms with Crippen LogP contribution in [0.5, 0.6) is 0 Å². The maximum absolute atomic E-state index is 9.19. The highest BCUT2D eigenvalue weighted by Gasteiger charge is 2.01. The van der Waals surface area contributed by atoms with Crippen LogP contribution >= 0.6 is 0 Å². The first-order chi connectivity index (χ1) is 17.7. The SMILES string of the molecule is CS(=O)(=O)O.CS(=O)(=O)O.Cc1ccc(-c2ccc(CCc3ccc(-c4ccc(C)cc4)cc3)cc2)cc1. The summed E-state index contributed by atoms with van der Waals surface area (Å²) in [5.74, 6) is 0. The lowest BCUT2D eigenvalue weighted by Crippen LogP contribution is -1.91. The second-order valence-electron chi connectivity index (χ2n) is 9.09. The van der Waals surface area contributed by atoms with Gasteiger partial charge in [-0.15, -0.1) is 0 Å². The van der Waals surface area contributed by atoms with Crippen molar-refractivity contribution in [3.63, 3.8) is 0 Å². The smallest absolute Gasteiger partial charge is 0.261 e. The van der Waals surface area contributed by atoms with Gasteiger partial charge in [0.1, 0.15) is 0 Å². The van der Waals surface area contributed by atoms with E-state index < -0.39 is 20.2 Å². The molecule has 0 saturated carbocycles. The summed E-state index contributed by atoms with van der Waals surface area (Å²) in [6.45, 7) is 4.25. The van der Waals surface area contributed by atoms with Crippen LogP contribution in [0.3, 0.4) is 0 Å². The summed E-state index contributed by atoms with van der Waals surface area (Å²) < 4.78 is 51.7. The Kier molecular flexibility index (Phi) is 11.4. The lowest BCUT2D eigenvalue weighted by Gasteiger charge is -2.07. The van der Waals surface area contributed by atoms with Crippen LogP contribution in [0.25, 0.3) is 22.3 Å². The van der Waals surface area contributed by atoms with Gasteiger partial charge >= 0.3 is 0 Å². The molecule has 0 atom stereocenters. The molecule has 0 saturated heterocycles. The third-order valence-electron chi connectivity index (χ3n) is 5.38. The van der Waals surface area contributed by atoms with Crippen LogP contribution in [0.15, 0.2) is 97.1 Å². The fraction of sp³-hybridized carbons (Fsp3) is 0.200. The van der Waals surface area contributed by atoms with Gasteiger partial charge in [-0.2, -0.15) is 16.8 Å². The predicted molar refractivity (Wildman–Crippen MR) is 156 cm³/mol. The summed E-state index contributed by atoms with van der Waals surface area (Å²) in [5, 5.41) is 0. The van der Waals surface area contributed by atoms with Crippen LogP contribution in [0.1, 0.15) is 22.3 Å². The molecule has 0 amide bonds. The highest BCUT2D eigenvalue weighted by atomic mass is 32.2. The number of hydrogen-bond donors (Lipinski definition) is 2. The average Bonchev–Trinajstić information content (AvgIpc) is 2.82. The molecule has 0 spiro atoms. The Labute approximate surface area is 226 Å². The molecule has 4 aromatic rings. The molecule has 0 aromatic heterocycles. The van der Waals surface area contributed by atoms with Crippen molar-refractivity contribution in [2.75, 3.05) is 12.5 Å². The number of hydrogen-bond acceptors (Lipinski definition) is 4. The molecular weight excluding hydrogens is 520 g/mol. The number of rotatable bonds is 5. The topological polar surface area (TPSA) is 109 Å². The van der Waals surface area contributed by atoms with E-state index in [1.807, 2.05) is 0 Å². The molecule has 0 radical (unpaired) electrons. The molecule has 4 aromatic carbocycles. The van der Waals surface area contributed by atoms with E-state index in [0.29, 0.717) is 12.5 Å². The summed E-state index contributed by atoms with van der Waals surface area (Å²) in [5.41, 5.74) is 10.5. The van der Waals surface area contributed by atoms with Crippen molar-refractivity contribution in [1.82, 2.24) is 0 Å². The van der Waals surface area contributed by atoms with Crippen molar-refractivity contribution in [3.05, 3.63) is 119 Å². The Bertz CT molecular complexity index is 1360. The molecule has 4 rings (SSSR count). The lowest BCUT2D eigenvalue weighted by molar-refractivity contribution is 0.488. The van der Waals surface area contributed by atoms with Gasteiger partial charge in [0.15, 0.2) is 0 Å². The number of benzene rings is 4. The molecule has 0 fully saturated rings. The molecule has 2 N–H and O–H groups in total. The standard InChI is InChI=1S/C28H26.2CH4O3S/c1-21-3-13-25(14-4-21)27-17-9-23(10-18-27)7-8-24-11-19-28(20-12-24)26-15-5-22(2)6-16-26;2*1-5(2,3)4/h3-6,9-20H,7-8H2,1-2H3;2*1H3,(H,2,3,4). The fourth-order valence-corrected chi connectivity index (χ4v) is 3.51. The van der Waals surface area contributed by atoms with Crippen LogP contribution < -0.4 is 0 Å². The molecule has 0 aliphatic rings. The molecule has 0 heterocycles. The zero-order valence-corrected chi connectivity index (χ0v) is 23.6. The van der Waals surface area contributed by atoms with Gasteiger partial charge in [0.05, 0.1) is 12.5 Å². The van der Waals surface area contributed by atoms with Crippen molar-refractivity contribution in [1.29, 1.82) is 0 Å². The van der Waals surface area contributed by atoms with Crippen LogP contribution in [-0.2, 0) is 33.1 Å². The van der Waals surface area contributed by atoms with Gasteiger partial charge < -0.3 is 0 Å². The first-order valence-electron chi connectivity index (χ1n) is 11.8. The van der Waals surface area contributed by atoms with E-state index in [-0.39, 0.29) is 0 Å². The Hall–Kier alpha value is -3.30. The van der Waals surface area contributed by atoms with Gasteiger partial charge in [0, 0.05) is 0 Å². The molecule has 6 nitrogen and oxygen atoms in total. The van der Waals surface area contributed by atoms with Crippen molar-refractivity contribution < 1.29 is 25.9 Å². The van der Waals surface area contributed by atoms with Gasteiger partial charge in [0.2, 0.25) is 0 Å². The van der Waals surface area contributed by atoms with E-state index in [4.69, 9.17) is 9.11 Å². The maximum atomic E-state index is 9.19. The fourth-order valence-electron chi connectivity index (χ4n) is 3.51. The first kappa shape index (κ1) is 30.9. The minimum Gasteiger partial charge on any atom is -0.286 e. The van der Waals surface area contributed by atoms with Crippen molar-refractivity contribution >= 4 is 20.2 Å². The monoisotopic (exact) mass is 554 g/mol. The van der Waals surface area contributed by atoms with E-state index in [1.54, 1.807) is 0 Å². The molecule has 202 valence electrons. The van der Waals surface area contributed by atoms with Gasteiger partial charge in [-0.1, -0.05) is 108 Å². The predicted octanol–water partition coefficient (Wildman–Crippen LogP) is 6.43. The Morgan fingerprint density at radius 1 is 0.447 bits per heavy atom. The zero-order chi connectivity index (χ0) is 28.3.